The van der Waals surface area contributed by atoms with E-state index in [1.165, 1.54) is 18.3 Å². The summed E-state index contributed by atoms with van der Waals surface area (Å²) >= 11 is 3.07. The Balaban J connectivity index is 1.58. The number of ether oxygens (including phenoxy) is 1. The van der Waals surface area contributed by atoms with Gasteiger partial charge < -0.3 is 21.1 Å². The number of hydrogen-bond acceptors (Lipinski definition) is 6. The Kier molecular flexibility index (Phi) is 7.20. The molecule has 0 aliphatic rings. The van der Waals surface area contributed by atoms with Gasteiger partial charge in [-0.2, -0.15) is 0 Å². The van der Waals surface area contributed by atoms with Gasteiger partial charge in [-0.1, -0.05) is 12.1 Å². The minimum absolute atomic E-state index is 0.0422. The van der Waals surface area contributed by atoms with Crippen LogP contribution < -0.4 is 21.1 Å². The van der Waals surface area contributed by atoms with Crippen molar-refractivity contribution >= 4 is 39.7 Å². The molecule has 0 radical (unpaired) electrons. The lowest BCUT2D eigenvalue weighted by atomic mass is 10.2. The number of aromatic nitrogens is 1. The van der Waals surface area contributed by atoms with Crippen LogP contribution in [0.2, 0.25) is 0 Å². The summed E-state index contributed by atoms with van der Waals surface area (Å²) in [4.78, 5) is 22.1. The third-order valence-corrected chi connectivity index (χ3v) is 5.67. The van der Waals surface area contributed by atoms with Crippen LogP contribution in [0.4, 0.5) is 5.13 Å². The summed E-state index contributed by atoms with van der Waals surface area (Å²) < 4.78 is 5.50. The molecule has 0 saturated heterocycles. The number of nitrogens with zero attached hydrogens (tertiary/aromatic N) is 2. The van der Waals surface area contributed by atoms with E-state index in [2.05, 4.69) is 20.6 Å². The lowest BCUT2D eigenvalue weighted by Crippen LogP contribution is -2.22. The lowest BCUT2D eigenvalue weighted by Gasteiger charge is -2.05. The van der Waals surface area contributed by atoms with Gasteiger partial charge in [-0.3, -0.25) is 4.79 Å². The molecule has 152 valence electrons. The second-order valence-electron chi connectivity index (χ2n) is 6.12. The summed E-state index contributed by atoms with van der Waals surface area (Å²) in [5, 5.41) is 8.49. The first kappa shape index (κ1) is 20.8. The Morgan fingerprint density at radius 1 is 1.31 bits per heavy atom. The molecule has 1 amide bonds. The fraction of sp³-hybridized carbons (Fsp3) is 0.250. The van der Waals surface area contributed by atoms with E-state index in [-0.39, 0.29) is 5.91 Å². The zero-order chi connectivity index (χ0) is 20.6. The molecule has 3 rings (SSSR count). The van der Waals surface area contributed by atoms with Crippen molar-refractivity contribution in [2.75, 3.05) is 11.9 Å². The Labute approximate surface area is 177 Å². The smallest absolute Gasteiger partial charge is 0.217 e. The number of thiazole rings is 1. The predicted molar refractivity (Wildman–Crippen MR) is 120 cm³/mol. The highest BCUT2D eigenvalue weighted by atomic mass is 32.1. The Morgan fingerprint density at radius 3 is 2.97 bits per heavy atom. The van der Waals surface area contributed by atoms with E-state index in [4.69, 9.17) is 10.5 Å². The maximum Gasteiger partial charge on any atom is 0.217 e. The SMILES string of the molecule is CCOc1cccc(CN=C(N)Nc2nc(-c3ccc(CNC(C)=O)s3)cs2)c1. The third-order valence-electron chi connectivity index (χ3n) is 3.81. The van der Waals surface area contributed by atoms with Crippen LogP contribution in [0.1, 0.15) is 24.3 Å². The van der Waals surface area contributed by atoms with Gasteiger partial charge in [-0.05, 0) is 36.8 Å². The number of guanidine groups is 1. The Bertz CT molecular complexity index is 996. The number of aliphatic imine (C=N–C) groups is 1. The molecule has 0 spiro atoms. The molecule has 0 aliphatic carbocycles. The van der Waals surface area contributed by atoms with Crippen molar-refractivity contribution in [1.82, 2.24) is 10.3 Å². The third kappa shape index (κ3) is 6.30. The first-order valence-electron chi connectivity index (χ1n) is 9.11. The van der Waals surface area contributed by atoms with E-state index in [0.29, 0.717) is 30.8 Å². The Hall–Kier alpha value is -2.91. The highest BCUT2D eigenvalue weighted by Crippen LogP contribution is 2.30. The van der Waals surface area contributed by atoms with Crippen LogP contribution in [0.15, 0.2) is 46.8 Å². The summed E-state index contributed by atoms with van der Waals surface area (Å²) in [5.41, 5.74) is 7.90. The van der Waals surface area contributed by atoms with Crippen LogP contribution in [0.5, 0.6) is 5.75 Å². The van der Waals surface area contributed by atoms with E-state index < -0.39 is 0 Å². The Morgan fingerprint density at radius 2 is 2.17 bits per heavy atom. The van der Waals surface area contributed by atoms with Gasteiger partial charge in [0, 0.05) is 17.2 Å². The maximum absolute atomic E-state index is 11.0. The minimum Gasteiger partial charge on any atom is -0.494 e. The van der Waals surface area contributed by atoms with Crippen molar-refractivity contribution in [1.29, 1.82) is 0 Å². The molecule has 0 atom stereocenters. The first-order chi connectivity index (χ1) is 14.0. The largest absolute Gasteiger partial charge is 0.494 e. The van der Waals surface area contributed by atoms with E-state index >= 15 is 0 Å². The highest BCUT2D eigenvalue weighted by molar-refractivity contribution is 7.17. The molecule has 0 bridgehead atoms. The van der Waals surface area contributed by atoms with E-state index in [9.17, 15) is 4.79 Å². The van der Waals surface area contributed by atoms with Crippen molar-refractivity contribution in [3.8, 4) is 16.3 Å². The van der Waals surface area contributed by atoms with Crippen LogP contribution in [-0.4, -0.2) is 23.5 Å². The average molecular weight is 430 g/mol. The number of thiophene rings is 1. The van der Waals surface area contributed by atoms with Crippen molar-refractivity contribution in [2.45, 2.75) is 26.9 Å². The van der Waals surface area contributed by atoms with Crippen LogP contribution in [0, 0.1) is 0 Å². The summed E-state index contributed by atoms with van der Waals surface area (Å²) in [7, 11) is 0. The fourth-order valence-corrected chi connectivity index (χ4v) is 4.19. The summed E-state index contributed by atoms with van der Waals surface area (Å²) in [6.07, 6.45) is 0. The van der Waals surface area contributed by atoms with Gasteiger partial charge in [0.15, 0.2) is 11.1 Å². The fourth-order valence-electron chi connectivity index (χ4n) is 2.49. The summed E-state index contributed by atoms with van der Waals surface area (Å²) in [6, 6.07) is 11.8. The van der Waals surface area contributed by atoms with Gasteiger partial charge in [-0.25, -0.2) is 9.98 Å². The molecule has 1 aromatic carbocycles. The minimum atomic E-state index is -0.0422. The van der Waals surface area contributed by atoms with Gasteiger partial charge in [0.1, 0.15) is 5.75 Å². The maximum atomic E-state index is 11.0. The van der Waals surface area contributed by atoms with Crippen molar-refractivity contribution in [2.24, 2.45) is 10.7 Å². The topological polar surface area (TPSA) is 102 Å². The molecule has 7 nitrogen and oxygen atoms in total. The van der Waals surface area contributed by atoms with Crippen LogP contribution in [-0.2, 0) is 17.9 Å². The zero-order valence-electron chi connectivity index (χ0n) is 16.3. The molecule has 9 heteroatoms. The van der Waals surface area contributed by atoms with E-state index in [0.717, 1.165) is 26.8 Å². The van der Waals surface area contributed by atoms with E-state index in [1.807, 2.05) is 48.7 Å². The zero-order valence-corrected chi connectivity index (χ0v) is 17.9. The summed E-state index contributed by atoms with van der Waals surface area (Å²) in [6.45, 7) is 5.07. The van der Waals surface area contributed by atoms with Crippen molar-refractivity contribution in [3.63, 3.8) is 0 Å². The highest BCUT2D eigenvalue weighted by Gasteiger charge is 2.09. The molecule has 29 heavy (non-hydrogen) atoms. The molecule has 0 fully saturated rings. The molecule has 3 aromatic rings. The predicted octanol–water partition coefficient (Wildman–Crippen LogP) is 3.83. The number of nitrogens with two attached hydrogens (primary N) is 1. The van der Waals surface area contributed by atoms with Gasteiger partial charge in [0.2, 0.25) is 5.91 Å². The molecule has 0 saturated carbocycles. The van der Waals surface area contributed by atoms with Crippen LogP contribution >= 0.6 is 22.7 Å². The number of carbonyl (C=O) groups is 1. The second-order valence-corrected chi connectivity index (χ2v) is 8.15. The number of amides is 1. The number of carbonyl (C=O) groups excluding carboxylic acids is 1. The van der Waals surface area contributed by atoms with E-state index in [1.54, 1.807) is 11.3 Å². The van der Waals surface area contributed by atoms with Gasteiger partial charge in [0.25, 0.3) is 0 Å². The molecule has 2 heterocycles. The normalized spacial score (nSPS) is 11.3. The number of rotatable bonds is 8. The summed E-state index contributed by atoms with van der Waals surface area (Å²) in [5.74, 6) is 1.09. The molecule has 0 unspecified atom stereocenters. The van der Waals surface area contributed by atoms with Gasteiger partial charge in [0.05, 0.1) is 30.3 Å². The van der Waals surface area contributed by atoms with Crippen LogP contribution in [0.3, 0.4) is 0 Å². The van der Waals surface area contributed by atoms with Crippen LogP contribution in [0.25, 0.3) is 10.6 Å². The monoisotopic (exact) mass is 429 g/mol. The molecule has 4 N–H and O–H groups in total. The standard InChI is InChI=1S/C20H23N5O2S2/c1-3-27-15-6-4-5-14(9-15)10-23-19(21)25-20-24-17(12-28-20)18-8-7-16(29-18)11-22-13(2)26/h4-9,12H,3,10-11H2,1-2H3,(H,22,26)(H3,21,23,24,25). The molecule has 2 aromatic heterocycles. The second kappa shape index (κ2) is 10.0. The van der Waals surface area contributed by atoms with Gasteiger partial charge in [-0.15, -0.1) is 22.7 Å². The molecular formula is C20H23N5O2S2. The molecular weight excluding hydrogens is 406 g/mol. The quantitative estimate of drug-likeness (QED) is 0.373. The van der Waals surface area contributed by atoms with Gasteiger partial charge >= 0.3 is 0 Å². The first-order valence-corrected chi connectivity index (χ1v) is 10.8. The number of nitrogens with one attached hydrogen (secondary N) is 2. The average Bonchev–Trinajstić information content (AvgIpc) is 3.35. The van der Waals surface area contributed by atoms with Crippen molar-refractivity contribution in [3.05, 3.63) is 52.2 Å². The number of benzene rings is 1. The van der Waals surface area contributed by atoms with Crippen molar-refractivity contribution < 1.29 is 9.53 Å². The lowest BCUT2D eigenvalue weighted by molar-refractivity contribution is -0.119. The molecule has 0 aliphatic heterocycles. The number of anilines is 1. The number of hydrogen-bond donors (Lipinski definition) is 3.